The molecule has 1 aliphatic heterocycles. The van der Waals surface area contributed by atoms with Crippen LogP contribution >= 0.6 is 23.5 Å². The largest absolute Gasteiger partial charge is 0.274 e. The summed E-state index contributed by atoms with van der Waals surface area (Å²) in [5.74, 6) is 0.912. The van der Waals surface area contributed by atoms with Gasteiger partial charge in [0.15, 0.2) is 0 Å². The molecule has 0 aromatic carbocycles. The summed E-state index contributed by atoms with van der Waals surface area (Å²) in [4.78, 5) is 12.1. The van der Waals surface area contributed by atoms with Crippen LogP contribution in [-0.4, -0.2) is 10.2 Å². The van der Waals surface area contributed by atoms with Gasteiger partial charge in [-0.1, -0.05) is 37.6 Å². The Kier molecular flexibility index (Phi) is 4.84. The van der Waals surface area contributed by atoms with E-state index in [-0.39, 0.29) is 4.45 Å². The summed E-state index contributed by atoms with van der Waals surface area (Å²) in [7, 11) is 0. The Bertz CT molecular complexity index is 187. The highest BCUT2D eigenvalue weighted by Crippen LogP contribution is 2.35. The first-order valence-electron chi connectivity index (χ1n) is 4.36. The Morgan fingerprint density at radius 2 is 2.33 bits per heavy atom. The van der Waals surface area contributed by atoms with Crippen molar-refractivity contribution in [1.82, 2.24) is 0 Å². The molecule has 3 heteroatoms. The van der Waals surface area contributed by atoms with E-state index < -0.39 is 0 Å². The number of allylic oxidation sites excluding steroid dienone is 1. The second-order valence-corrected chi connectivity index (χ2v) is 5.11. The topological polar surface area (TPSA) is 17.1 Å². The lowest BCUT2D eigenvalue weighted by molar-refractivity contribution is 0.277. The van der Waals surface area contributed by atoms with Crippen molar-refractivity contribution < 1.29 is 4.79 Å². The van der Waals surface area contributed by atoms with E-state index in [0.29, 0.717) is 0 Å². The summed E-state index contributed by atoms with van der Waals surface area (Å²) in [6, 6.07) is 0. The Morgan fingerprint density at radius 1 is 1.50 bits per heavy atom. The Morgan fingerprint density at radius 3 is 2.92 bits per heavy atom. The molecule has 0 radical (unpaired) electrons. The van der Waals surface area contributed by atoms with Crippen LogP contribution in [0.3, 0.4) is 0 Å². The van der Waals surface area contributed by atoms with Gasteiger partial charge in [-0.25, -0.2) is 0 Å². The average Bonchev–Trinajstić information content (AvgIpc) is 2.45. The van der Waals surface area contributed by atoms with Crippen molar-refractivity contribution in [3.8, 4) is 0 Å². The first kappa shape index (κ1) is 10.2. The maximum Gasteiger partial charge on any atom is 0.250 e. The van der Waals surface area contributed by atoms with Crippen LogP contribution in [0.4, 0.5) is 4.79 Å². The maximum absolute atomic E-state index is 10.8. The van der Waals surface area contributed by atoms with E-state index in [1.807, 2.05) is 0 Å². The molecule has 0 atom stereocenters. The number of unbranched alkanes of at least 4 members (excludes halogenated alkanes) is 3. The van der Waals surface area contributed by atoms with Crippen LogP contribution in [0.15, 0.2) is 11.0 Å². The molecule has 12 heavy (non-hydrogen) atoms. The zero-order chi connectivity index (χ0) is 8.81. The molecular weight excluding hydrogens is 188 g/mol. The van der Waals surface area contributed by atoms with Crippen molar-refractivity contribution in [2.45, 2.75) is 32.6 Å². The van der Waals surface area contributed by atoms with Crippen molar-refractivity contribution in [2.75, 3.05) is 5.75 Å². The molecule has 68 valence electrons. The summed E-state index contributed by atoms with van der Waals surface area (Å²) >= 11 is 2.83. The number of hydrogen-bond donors (Lipinski definition) is 0. The molecule has 1 nitrogen and oxygen atoms in total. The molecule has 0 N–H and O–H groups in total. The highest BCUT2D eigenvalue weighted by Gasteiger charge is 2.16. The van der Waals surface area contributed by atoms with Crippen LogP contribution in [0, 0.1) is 0 Å². The molecule has 1 fully saturated rings. The predicted molar refractivity (Wildman–Crippen MR) is 57.7 cm³/mol. The van der Waals surface area contributed by atoms with E-state index in [0.717, 1.165) is 12.2 Å². The second-order valence-electron chi connectivity index (χ2n) is 2.81. The van der Waals surface area contributed by atoms with Crippen molar-refractivity contribution in [2.24, 2.45) is 0 Å². The van der Waals surface area contributed by atoms with E-state index in [4.69, 9.17) is 0 Å². The average molecular weight is 202 g/mol. The van der Waals surface area contributed by atoms with Crippen LogP contribution in [0.5, 0.6) is 0 Å². The van der Waals surface area contributed by atoms with Crippen molar-refractivity contribution >= 4 is 28.0 Å². The first-order chi connectivity index (χ1) is 5.83. The third-order valence-electron chi connectivity index (χ3n) is 1.73. The molecule has 0 aliphatic carbocycles. The summed E-state index contributed by atoms with van der Waals surface area (Å²) in [6.07, 6.45) is 7.20. The lowest BCUT2D eigenvalue weighted by Crippen LogP contribution is -1.75. The summed E-state index contributed by atoms with van der Waals surface area (Å²) in [5, 5.41) is 0. The molecule has 0 bridgehead atoms. The van der Waals surface area contributed by atoms with Crippen LogP contribution in [-0.2, 0) is 0 Å². The normalized spacial score (nSPS) is 20.8. The van der Waals surface area contributed by atoms with Crippen LogP contribution in [0.2, 0.25) is 0 Å². The van der Waals surface area contributed by atoms with Gasteiger partial charge in [-0.3, -0.25) is 4.79 Å². The molecule has 1 aliphatic rings. The van der Waals surface area contributed by atoms with Crippen LogP contribution < -0.4 is 0 Å². The molecule has 1 rings (SSSR count). The van der Waals surface area contributed by atoms with E-state index >= 15 is 0 Å². The maximum atomic E-state index is 10.8. The standard InChI is InChI=1S/C9H14OS2/c1-2-3-4-5-6-8-7-11-9(10)12-8/h6H,2-5,7H2,1H3/b8-6-. The van der Waals surface area contributed by atoms with Gasteiger partial charge < -0.3 is 0 Å². The molecule has 0 spiro atoms. The van der Waals surface area contributed by atoms with Gasteiger partial charge in [0.1, 0.15) is 0 Å². The predicted octanol–water partition coefficient (Wildman–Crippen LogP) is 4.05. The Labute approximate surface area is 82.4 Å². The van der Waals surface area contributed by atoms with Crippen molar-refractivity contribution in [1.29, 1.82) is 0 Å². The van der Waals surface area contributed by atoms with Gasteiger partial charge in [0.05, 0.1) is 0 Å². The molecule has 0 unspecified atom stereocenters. The van der Waals surface area contributed by atoms with Gasteiger partial charge in [0.25, 0.3) is 4.45 Å². The van der Waals surface area contributed by atoms with Crippen molar-refractivity contribution in [3.05, 3.63) is 11.0 Å². The molecule has 1 saturated heterocycles. The minimum Gasteiger partial charge on any atom is -0.274 e. The third-order valence-corrected chi connectivity index (χ3v) is 3.94. The highest BCUT2D eigenvalue weighted by atomic mass is 32.2. The molecule has 0 aromatic heterocycles. The lowest BCUT2D eigenvalue weighted by atomic mass is 10.2. The number of thioether (sulfide) groups is 2. The van der Waals surface area contributed by atoms with Crippen molar-refractivity contribution in [3.63, 3.8) is 0 Å². The van der Waals surface area contributed by atoms with Gasteiger partial charge in [0, 0.05) is 5.75 Å². The van der Waals surface area contributed by atoms with Crippen LogP contribution in [0.25, 0.3) is 0 Å². The molecule has 0 saturated carbocycles. The second kappa shape index (κ2) is 5.70. The molecule has 1 heterocycles. The summed E-state index contributed by atoms with van der Waals surface area (Å²) in [5.41, 5.74) is 0. The van der Waals surface area contributed by atoms with Gasteiger partial charge in [-0.05, 0) is 29.5 Å². The molecule has 0 amide bonds. The highest BCUT2D eigenvalue weighted by molar-refractivity contribution is 8.43. The number of rotatable bonds is 4. The number of carbonyl (C=O) groups is 1. The quantitative estimate of drug-likeness (QED) is 0.640. The van der Waals surface area contributed by atoms with E-state index in [1.165, 1.54) is 47.7 Å². The minimum absolute atomic E-state index is 0.261. The fourth-order valence-electron chi connectivity index (χ4n) is 1.05. The van der Waals surface area contributed by atoms with Gasteiger partial charge >= 0.3 is 0 Å². The zero-order valence-corrected chi connectivity index (χ0v) is 8.97. The summed E-state index contributed by atoms with van der Waals surface area (Å²) in [6.45, 7) is 2.21. The van der Waals surface area contributed by atoms with Gasteiger partial charge in [-0.15, -0.1) is 0 Å². The van der Waals surface area contributed by atoms with Gasteiger partial charge in [0.2, 0.25) is 0 Å². The van der Waals surface area contributed by atoms with Gasteiger partial charge in [-0.2, -0.15) is 0 Å². The monoisotopic (exact) mass is 202 g/mol. The fourth-order valence-corrected chi connectivity index (χ4v) is 2.99. The van der Waals surface area contributed by atoms with Crippen LogP contribution in [0.1, 0.15) is 32.6 Å². The zero-order valence-electron chi connectivity index (χ0n) is 7.34. The van der Waals surface area contributed by atoms with E-state index in [1.54, 1.807) is 0 Å². The van der Waals surface area contributed by atoms with E-state index in [9.17, 15) is 4.79 Å². The fraction of sp³-hybridized carbons (Fsp3) is 0.667. The Balaban J connectivity index is 2.15. The minimum atomic E-state index is 0.261. The Hall–Kier alpha value is 0.110. The first-order valence-corrected chi connectivity index (χ1v) is 6.16. The lowest BCUT2D eigenvalue weighted by Gasteiger charge is -1.93. The number of hydrogen-bond acceptors (Lipinski definition) is 3. The molecule has 0 aromatic rings. The smallest absolute Gasteiger partial charge is 0.250 e. The summed E-state index contributed by atoms with van der Waals surface area (Å²) < 4.78 is 0.261. The van der Waals surface area contributed by atoms with E-state index in [2.05, 4.69) is 13.0 Å². The third kappa shape index (κ3) is 3.68. The SMILES string of the molecule is CCCCC/C=C1/CSC(=O)S1. The number of carbonyl (C=O) groups excluding carboxylic acids is 1. The molecular formula is C9H14OS2.